The Hall–Kier alpha value is -0.820. The van der Waals surface area contributed by atoms with Crippen LogP contribution in [-0.2, 0) is 12.8 Å². The van der Waals surface area contributed by atoms with Crippen molar-refractivity contribution in [3.05, 3.63) is 35.4 Å². The van der Waals surface area contributed by atoms with Crippen LogP contribution in [0.4, 0.5) is 0 Å². The molecule has 0 fully saturated rings. The van der Waals surface area contributed by atoms with Crippen molar-refractivity contribution in [2.24, 2.45) is 0 Å². The molecule has 0 aliphatic carbocycles. The molecule has 0 unspecified atom stereocenters. The monoisotopic (exact) mass is 237 g/mol. The van der Waals surface area contributed by atoms with E-state index in [0.29, 0.717) is 0 Å². The molecular weight excluding hydrogens is 206 g/mol. The molecule has 1 heteroatoms. The van der Waals surface area contributed by atoms with Gasteiger partial charge in [0.05, 0.1) is 0 Å². The third-order valence-electron chi connectivity index (χ3n) is 2.27. The Kier molecular flexibility index (Phi) is 16.6. The molecule has 0 heterocycles. The minimum absolute atomic E-state index is 1.06. The molecule has 0 atom stereocenters. The largest absolute Gasteiger partial charge is 0.317 e. The molecule has 0 spiro atoms. The van der Waals surface area contributed by atoms with E-state index in [4.69, 9.17) is 0 Å². The molecule has 1 nitrogen and oxygen atoms in total. The maximum atomic E-state index is 3.33. The quantitative estimate of drug-likeness (QED) is 0.746. The number of hydrogen-bond donors (Lipinski definition) is 1. The zero-order valence-electron chi connectivity index (χ0n) is 12.6. The van der Waals surface area contributed by atoms with Crippen molar-refractivity contribution in [3.63, 3.8) is 0 Å². The Bertz CT molecular complexity index is 226. The number of nitrogens with one attached hydrogen (secondary N) is 1. The average molecular weight is 237 g/mol. The molecule has 0 aliphatic heterocycles. The smallest absolute Gasteiger partial charge is 0.000847 e. The van der Waals surface area contributed by atoms with Crippen LogP contribution in [-0.4, -0.2) is 13.1 Å². The number of likely N-dealkylation sites (N-methyl/N-ethyl adjacent to an activating group) is 1. The van der Waals surface area contributed by atoms with E-state index in [1.807, 2.05) is 27.7 Å². The summed E-state index contributed by atoms with van der Waals surface area (Å²) in [6.45, 7) is 14.5. The predicted octanol–water partition coefficient (Wildman–Crippen LogP) is 4.45. The molecule has 0 saturated carbocycles. The molecule has 100 valence electrons. The second-order valence-corrected chi connectivity index (χ2v) is 3.27. The lowest BCUT2D eigenvalue weighted by atomic mass is 10.1. The van der Waals surface area contributed by atoms with E-state index in [9.17, 15) is 0 Å². The van der Waals surface area contributed by atoms with Gasteiger partial charge in [0.1, 0.15) is 0 Å². The van der Waals surface area contributed by atoms with Gasteiger partial charge < -0.3 is 5.32 Å². The lowest BCUT2D eigenvalue weighted by Crippen LogP contribution is -2.15. The van der Waals surface area contributed by atoms with Crippen molar-refractivity contribution in [1.82, 2.24) is 5.32 Å². The lowest BCUT2D eigenvalue weighted by molar-refractivity contribution is 0.716. The minimum Gasteiger partial charge on any atom is -0.317 e. The van der Waals surface area contributed by atoms with E-state index in [1.54, 1.807) is 0 Å². The summed E-state index contributed by atoms with van der Waals surface area (Å²) < 4.78 is 0. The van der Waals surface area contributed by atoms with Gasteiger partial charge in [0, 0.05) is 0 Å². The molecule has 0 aliphatic rings. The summed E-state index contributed by atoms with van der Waals surface area (Å²) in [5.41, 5.74) is 2.85. The maximum Gasteiger partial charge on any atom is -0.000847 e. The van der Waals surface area contributed by atoms with Crippen molar-refractivity contribution in [2.45, 2.75) is 54.4 Å². The van der Waals surface area contributed by atoms with Gasteiger partial charge in [0.2, 0.25) is 0 Å². The van der Waals surface area contributed by atoms with Crippen molar-refractivity contribution in [3.8, 4) is 0 Å². The molecule has 0 radical (unpaired) electrons. The first-order valence-electron chi connectivity index (χ1n) is 7.15. The SMILES string of the molecule is CC.CC.CCNCCc1ccc(CC)cc1. The Morgan fingerprint density at radius 3 is 1.71 bits per heavy atom. The maximum absolute atomic E-state index is 3.33. The van der Waals surface area contributed by atoms with Crippen LogP contribution in [0.5, 0.6) is 0 Å². The first-order valence-corrected chi connectivity index (χ1v) is 7.15. The van der Waals surface area contributed by atoms with Gasteiger partial charge in [-0.05, 0) is 37.1 Å². The fraction of sp³-hybridized carbons (Fsp3) is 0.625. The van der Waals surface area contributed by atoms with Gasteiger partial charge in [-0.1, -0.05) is 65.8 Å². The standard InChI is InChI=1S/C12H19N.2C2H6/c1-3-11-5-7-12(8-6-11)9-10-13-4-2;2*1-2/h5-8,13H,3-4,9-10H2,1-2H3;2*1-2H3. The van der Waals surface area contributed by atoms with Gasteiger partial charge >= 0.3 is 0 Å². The lowest BCUT2D eigenvalue weighted by Gasteiger charge is -2.03. The summed E-state index contributed by atoms with van der Waals surface area (Å²) in [4.78, 5) is 0. The van der Waals surface area contributed by atoms with Gasteiger partial charge in [-0.3, -0.25) is 0 Å². The number of rotatable bonds is 5. The van der Waals surface area contributed by atoms with Crippen LogP contribution in [0.1, 0.15) is 52.7 Å². The Morgan fingerprint density at radius 2 is 1.29 bits per heavy atom. The molecule has 0 aromatic heterocycles. The topological polar surface area (TPSA) is 12.0 Å². The highest BCUT2D eigenvalue weighted by atomic mass is 14.8. The molecule has 1 rings (SSSR count). The van der Waals surface area contributed by atoms with Gasteiger partial charge in [-0.15, -0.1) is 0 Å². The molecule has 0 saturated heterocycles. The van der Waals surface area contributed by atoms with Crippen LogP contribution in [0.25, 0.3) is 0 Å². The number of hydrogen-bond acceptors (Lipinski definition) is 1. The van der Waals surface area contributed by atoms with E-state index in [-0.39, 0.29) is 0 Å². The van der Waals surface area contributed by atoms with Gasteiger partial charge in [-0.25, -0.2) is 0 Å². The normalized spacial score (nSPS) is 8.59. The second kappa shape index (κ2) is 15.2. The number of benzene rings is 1. The second-order valence-electron chi connectivity index (χ2n) is 3.27. The molecule has 1 aromatic carbocycles. The van der Waals surface area contributed by atoms with Crippen molar-refractivity contribution < 1.29 is 0 Å². The fourth-order valence-electron chi connectivity index (χ4n) is 1.35. The summed E-state index contributed by atoms with van der Waals surface area (Å²) in [7, 11) is 0. The van der Waals surface area contributed by atoms with Gasteiger partial charge in [0.15, 0.2) is 0 Å². The first kappa shape index (κ1) is 18.5. The molecule has 17 heavy (non-hydrogen) atoms. The zero-order chi connectivity index (χ0) is 13.5. The zero-order valence-corrected chi connectivity index (χ0v) is 12.6. The Morgan fingerprint density at radius 1 is 0.824 bits per heavy atom. The fourth-order valence-corrected chi connectivity index (χ4v) is 1.35. The van der Waals surface area contributed by atoms with Crippen molar-refractivity contribution in [2.75, 3.05) is 13.1 Å². The van der Waals surface area contributed by atoms with Crippen LogP contribution in [0, 0.1) is 0 Å². The van der Waals surface area contributed by atoms with Gasteiger partial charge in [-0.2, -0.15) is 0 Å². The van der Waals surface area contributed by atoms with Crippen LogP contribution < -0.4 is 5.32 Å². The molecule has 0 amide bonds. The van der Waals surface area contributed by atoms with E-state index in [2.05, 4.69) is 43.4 Å². The minimum atomic E-state index is 1.06. The van der Waals surface area contributed by atoms with Crippen molar-refractivity contribution >= 4 is 0 Å². The van der Waals surface area contributed by atoms with E-state index >= 15 is 0 Å². The van der Waals surface area contributed by atoms with Gasteiger partial charge in [0.25, 0.3) is 0 Å². The summed E-state index contributed by atoms with van der Waals surface area (Å²) in [5.74, 6) is 0. The third kappa shape index (κ3) is 10.1. The molecule has 0 bridgehead atoms. The highest BCUT2D eigenvalue weighted by molar-refractivity contribution is 5.22. The Balaban J connectivity index is 0. The molecule has 1 N–H and O–H groups in total. The first-order chi connectivity index (χ1) is 8.36. The highest BCUT2D eigenvalue weighted by Gasteiger charge is 1.92. The van der Waals surface area contributed by atoms with Crippen molar-refractivity contribution in [1.29, 1.82) is 0 Å². The summed E-state index contributed by atoms with van der Waals surface area (Å²) in [5, 5.41) is 3.33. The van der Waals surface area contributed by atoms with E-state index in [1.165, 1.54) is 11.1 Å². The third-order valence-corrected chi connectivity index (χ3v) is 2.27. The van der Waals surface area contributed by atoms with Crippen LogP contribution in [0.2, 0.25) is 0 Å². The number of aryl methyl sites for hydroxylation is 1. The van der Waals surface area contributed by atoms with E-state index < -0.39 is 0 Å². The van der Waals surface area contributed by atoms with Crippen LogP contribution in [0.3, 0.4) is 0 Å². The van der Waals surface area contributed by atoms with Crippen LogP contribution >= 0.6 is 0 Å². The highest BCUT2D eigenvalue weighted by Crippen LogP contribution is 2.04. The average Bonchev–Trinajstić information content (AvgIpc) is 2.44. The Labute approximate surface area is 109 Å². The summed E-state index contributed by atoms with van der Waals surface area (Å²) >= 11 is 0. The summed E-state index contributed by atoms with van der Waals surface area (Å²) in [6, 6.07) is 8.91. The van der Waals surface area contributed by atoms with E-state index in [0.717, 1.165) is 25.9 Å². The predicted molar refractivity (Wildman–Crippen MR) is 80.8 cm³/mol. The molecule has 1 aromatic rings. The molecular formula is C16H31N. The van der Waals surface area contributed by atoms with Crippen LogP contribution in [0.15, 0.2) is 24.3 Å². The summed E-state index contributed by atoms with van der Waals surface area (Å²) in [6.07, 6.45) is 2.27.